The Hall–Kier alpha value is -2.25. The van der Waals surface area contributed by atoms with Gasteiger partial charge in [-0.2, -0.15) is 0 Å². The number of carboxylic acids is 1. The Balaban J connectivity index is 2.07. The Morgan fingerprint density at radius 1 is 1.26 bits per heavy atom. The van der Waals surface area contributed by atoms with Crippen molar-refractivity contribution in [2.75, 3.05) is 20.3 Å². The van der Waals surface area contributed by atoms with Gasteiger partial charge in [-0.3, -0.25) is 4.79 Å². The van der Waals surface area contributed by atoms with Crippen LogP contribution < -0.4 is 5.32 Å². The number of aromatic carboxylic acids is 1. The van der Waals surface area contributed by atoms with Crippen LogP contribution in [0.5, 0.6) is 0 Å². The number of carbonyl (C=O) groups excluding carboxylic acids is 1. The fraction of sp³-hybridized carbons (Fsp3) is 0.250. The molecule has 1 amide bonds. The van der Waals surface area contributed by atoms with Crippen molar-refractivity contribution in [2.45, 2.75) is 10.6 Å². The van der Waals surface area contributed by atoms with Crippen molar-refractivity contribution in [3.63, 3.8) is 0 Å². The molecule has 1 aromatic heterocycles. The van der Waals surface area contributed by atoms with Crippen LogP contribution in [-0.2, 0) is 10.5 Å². The van der Waals surface area contributed by atoms with E-state index in [4.69, 9.17) is 14.3 Å². The molecule has 0 aliphatic heterocycles. The van der Waals surface area contributed by atoms with E-state index in [-0.39, 0.29) is 11.5 Å². The van der Waals surface area contributed by atoms with Gasteiger partial charge in [-0.25, -0.2) is 4.79 Å². The van der Waals surface area contributed by atoms with Crippen LogP contribution in [0.1, 0.15) is 26.5 Å². The smallest absolute Gasteiger partial charge is 0.339 e. The molecule has 0 saturated carbocycles. The van der Waals surface area contributed by atoms with E-state index >= 15 is 0 Å². The average Bonchev–Trinajstić information content (AvgIpc) is 3.02. The lowest BCUT2D eigenvalue weighted by Gasteiger charge is -2.09. The van der Waals surface area contributed by atoms with Crippen LogP contribution in [0.15, 0.2) is 45.9 Å². The van der Waals surface area contributed by atoms with Crippen LogP contribution in [0.4, 0.5) is 0 Å². The number of rotatable bonds is 8. The van der Waals surface area contributed by atoms with Gasteiger partial charge in [-0.1, -0.05) is 12.1 Å². The van der Waals surface area contributed by atoms with Crippen molar-refractivity contribution in [3.8, 4) is 0 Å². The topological polar surface area (TPSA) is 88.8 Å². The van der Waals surface area contributed by atoms with Gasteiger partial charge in [0, 0.05) is 18.6 Å². The molecule has 2 rings (SSSR count). The van der Waals surface area contributed by atoms with Crippen LogP contribution in [0.2, 0.25) is 0 Å². The highest BCUT2D eigenvalue weighted by Gasteiger charge is 2.16. The van der Waals surface area contributed by atoms with Crippen molar-refractivity contribution in [3.05, 3.63) is 53.5 Å². The van der Waals surface area contributed by atoms with Gasteiger partial charge in [0.25, 0.3) is 5.91 Å². The zero-order chi connectivity index (χ0) is 16.7. The standard InChI is InChI=1S/C16H17NO5S/c1-21-9-7-17-15(18)12-4-2-3-5-14(12)23-10-13-11(16(19)20)6-8-22-13/h2-6,8H,7,9-10H2,1H3,(H,17,18)(H,19,20). The van der Waals surface area contributed by atoms with Gasteiger partial charge in [0.2, 0.25) is 0 Å². The van der Waals surface area contributed by atoms with Gasteiger partial charge >= 0.3 is 5.97 Å². The van der Waals surface area contributed by atoms with E-state index in [0.29, 0.717) is 30.2 Å². The van der Waals surface area contributed by atoms with Crippen LogP contribution in [0, 0.1) is 0 Å². The highest BCUT2D eigenvalue weighted by molar-refractivity contribution is 7.98. The number of furan rings is 1. The molecule has 1 heterocycles. The number of amides is 1. The fourth-order valence-electron chi connectivity index (χ4n) is 1.93. The molecular formula is C16H17NO5S. The molecule has 0 saturated heterocycles. The minimum Gasteiger partial charge on any atom is -0.478 e. The minimum absolute atomic E-state index is 0.138. The van der Waals surface area contributed by atoms with Gasteiger partial charge in [0.15, 0.2) is 0 Å². The Labute approximate surface area is 137 Å². The van der Waals surface area contributed by atoms with Crippen molar-refractivity contribution in [2.24, 2.45) is 0 Å². The van der Waals surface area contributed by atoms with Gasteiger partial charge in [0.1, 0.15) is 11.3 Å². The summed E-state index contributed by atoms with van der Waals surface area (Å²) in [5.74, 6) is -0.517. The molecule has 0 atom stereocenters. The number of methoxy groups -OCH3 is 1. The van der Waals surface area contributed by atoms with E-state index in [0.717, 1.165) is 4.90 Å². The Kier molecular flexibility index (Phi) is 6.25. The second-order valence-electron chi connectivity index (χ2n) is 4.60. The molecule has 0 aliphatic rings. The number of carbonyl (C=O) groups is 2. The number of hydrogen-bond donors (Lipinski definition) is 2. The average molecular weight is 335 g/mol. The first kappa shape index (κ1) is 17.1. The van der Waals surface area contributed by atoms with Crippen molar-refractivity contribution < 1.29 is 23.8 Å². The van der Waals surface area contributed by atoms with E-state index in [9.17, 15) is 9.59 Å². The lowest BCUT2D eigenvalue weighted by molar-refractivity contribution is 0.0694. The normalized spacial score (nSPS) is 10.5. The second-order valence-corrected chi connectivity index (χ2v) is 5.61. The predicted molar refractivity (Wildman–Crippen MR) is 85.9 cm³/mol. The number of hydrogen-bond acceptors (Lipinski definition) is 5. The summed E-state index contributed by atoms with van der Waals surface area (Å²) in [7, 11) is 1.57. The van der Waals surface area contributed by atoms with Gasteiger partial charge < -0.3 is 19.6 Å². The molecule has 6 nitrogen and oxygen atoms in total. The molecule has 1 aromatic carbocycles. The number of carboxylic acid groups (broad SMARTS) is 1. The zero-order valence-corrected chi connectivity index (χ0v) is 13.4. The highest BCUT2D eigenvalue weighted by Crippen LogP contribution is 2.28. The third kappa shape index (κ3) is 4.61. The number of nitrogens with one attached hydrogen (secondary N) is 1. The Morgan fingerprint density at radius 3 is 2.78 bits per heavy atom. The molecule has 0 fully saturated rings. The molecule has 7 heteroatoms. The summed E-state index contributed by atoms with van der Waals surface area (Å²) < 4.78 is 10.1. The lowest BCUT2D eigenvalue weighted by atomic mass is 10.2. The van der Waals surface area contributed by atoms with Crippen LogP contribution in [0.25, 0.3) is 0 Å². The summed E-state index contributed by atoms with van der Waals surface area (Å²) in [6, 6.07) is 8.57. The number of benzene rings is 1. The number of thioether (sulfide) groups is 1. The summed E-state index contributed by atoms with van der Waals surface area (Å²) >= 11 is 1.35. The summed E-state index contributed by atoms with van der Waals surface area (Å²) in [6.07, 6.45) is 1.35. The van der Waals surface area contributed by atoms with Crippen molar-refractivity contribution in [1.82, 2.24) is 5.32 Å². The monoisotopic (exact) mass is 335 g/mol. The summed E-state index contributed by atoms with van der Waals surface area (Å²) in [5.41, 5.74) is 0.677. The van der Waals surface area contributed by atoms with E-state index in [1.165, 1.54) is 24.1 Å². The van der Waals surface area contributed by atoms with E-state index in [2.05, 4.69) is 5.32 Å². The first-order valence-electron chi connectivity index (χ1n) is 6.92. The van der Waals surface area contributed by atoms with E-state index in [1.807, 2.05) is 12.1 Å². The molecule has 2 N–H and O–H groups in total. The minimum atomic E-state index is -1.03. The molecular weight excluding hydrogens is 318 g/mol. The highest BCUT2D eigenvalue weighted by atomic mass is 32.2. The van der Waals surface area contributed by atoms with Gasteiger partial charge in [-0.05, 0) is 18.2 Å². The maximum atomic E-state index is 12.2. The summed E-state index contributed by atoms with van der Waals surface area (Å²) in [5, 5.41) is 11.8. The first-order valence-corrected chi connectivity index (χ1v) is 7.90. The first-order chi connectivity index (χ1) is 11.1. The van der Waals surface area contributed by atoms with Gasteiger partial charge in [0.05, 0.1) is 24.2 Å². The molecule has 2 aromatic rings. The molecule has 0 spiro atoms. The summed E-state index contributed by atoms with van der Waals surface area (Å²) in [6.45, 7) is 0.866. The lowest BCUT2D eigenvalue weighted by Crippen LogP contribution is -2.27. The zero-order valence-electron chi connectivity index (χ0n) is 12.6. The third-order valence-corrected chi connectivity index (χ3v) is 4.13. The molecule has 0 radical (unpaired) electrons. The SMILES string of the molecule is COCCNC(=O)c1ccccc1SCc1occc1C(=O)O. The van der Waals surface area contributed by atoms with Crippen LogP contribution >= 0.6 is 11.8 Å². The Bertz CT molecular complexity index is 683. The fourth-order valence-corrected chi connectivity index (χ4v) is 2.93. The molecule has 122 valence electrons. The largest absolute Gasteiger partial charge is 0.478 e. The Morgan fingerprint density at radius 2 is 2.04 bits per heavy atom. The quantitative estimate of drug-likeness (QED) is 0.569. The number of ether oxygens (including phenoxy) is 1. The molecule has 0 bridgehead atoms. The van der Waals surface area contributed by atoms with E-state index in [1.54, 1.807) is 19.2 Å². The maximum absolute atomic E-state index is 12.2. The summed E-state index contributed by atoms with van der Waals surface area (Å²) in [4.78, 5) is 24.0. The second kappa shape index (κ2) is 8.40. The van der Waals surface area contributed by atoms with E-state index < -0.39 is 5.97 Å². The predicted octanol–water partition coefficient (Wildman–Crippen LogP) is 2.65. The van der Waals surface area contributed by atoms with Crippen LogP contribution in [-0.4, -0.2) is 37.2 Å². The van der Waals surface area contributed by atoms with Gasteiger partial charge in [-0.15, -0.1) is 11.8 Å². The molecule has 0 aliphatic carbocycles. The van der Waals surface area contributed by atoms with Crippen molar-refractivity contribution >= 4 is 23.6 Å². The molecule has 23 heavy (non-hydrogen) atoms. The van der Waals surface area contributed by atoms with Crippen molar-refractivity contribution in [1.29, 1.82) is 0 Å². The van der Waals surface area contributed by atoms with Crippen LogP contribution in [0.3, 0.4) is 0 Å². The molecule has 0 unspecified atom stereocenters. The maximum Gasteiger partial charge on any atom is 0.339 e. The third-order valence-electron chi connectivity index (χ3n) is 3.06.